The van der Waals surface area contributed by atoms with Crippen LogP contribution in [0, 0.1) is 12.8 Å². The second-order valence-corrected chi connectivity index (χ2v) is 5.46. The van der Waals surface area contributed by atoms with E-state index in [1.54, 1.807) is 24.9 Å². The first-order chi connectivity index (χ1) is 10.3. The van der Waals surface area contributed by atoms with E-state index in [9.17, 15) is 0 Å². The summed E-state index contributed by atoms with van der Waals surface area (Å²) < 4.78 is 11.0. The van der Waals surface area contributed by atoms with Crippen LogP contribution >= 0.6 is 0 Å². The van der Waals surface area contributed by atoms with Crippen molar-refractivity contribution in [1.82, 2.24) is 19.9 Å². The van der Waals surface area contributed by atoms with E-state index >= 15 is 0 Å². The molecule has 1 fully saturated rings. The molecular weight excluding hydrogens is 268 g/mol. The molecule has 0 bridgehead atoms. The predicted octanol–water partition coefficient (Wildman–Crippen LogP) is 2.06. The van der Waals surface area contributed by atoms with Gasteiger partial charge in [0.2, 0.25) is 5.88 Å². The lowest BCUT2D eigenvalue weighted by Crippen LogP contribution is -2.37. The van der Waals surface area contributed by atoms with Crippen molar-refractivity contribution in [3.05, 3.63) is 36.4 Å². The van der Waals surface area contributed by atoms with Crippen LogP contribution in [-0.2, 0) is 6.54 Å². The molecule has 6 heteroatoms. The van der Waals surface area contributed by atoms with Crippen molar-refractivity contribution in [2.24, 2.45) is 5.92 Å². The Bertz CT molecular complexity index is 558. The molecule has 2 aromatic heterocycles. The topological polar surface area (TPSA) is 64.3 Å². The number of hydrogen-bond donors (Lipinski definition) is 0. The maximum absolute atomic E-state index is 5.71. The fourth-order valence-corrected chi connectivity index (χ4v) is 2.70. The van der Waals surface area contributed by atoms with Gasteiger partial charge in [0.15, 0.2) is 5.89 Å². The van der Waals surface area contributed by atoms with Crippen molar-refractivity contribution < 1.29 is 9.15 Å². The number of ether oxygens (including phenoxy) is 1. The summed E-state index contributed by atoms with van der Waals surface area (Å²) >= 11 is 0. The normalized spacial score (nSPS) is 19.6. The number of aryl methyl sites for hydroxylation is 1. The minimum absolute atomic E-state index is 0.522. The first-order valence-electron chi connectivity index (χ1n) is 7.32. The monoisotopic (exact) mass is 288 g/mol. The Morgan fingerprint density at radius 2 is 2.38 bits per heavy atom. The van der Waals surface area contributed by atoms with Crippen molar-refractivity contribution in [2.75, 3.05) is 19.7 Å². The van der Waals surface area contributed by atoms with Gasteiger partial charge in [-0.25, -0.2) is 9.97 Å². The molecule has 21 heavy (non-hydrogen) atoms. The van der Waals surface area contributed by atoms with Gasteiger partial charge in [-0.2, -0.15) is 0 Å². The summed E-state index contributed by atoms with van der Waals surface area (Å²) in [6, 6.07) is 0. The van der Waals surface area contributed by atoms with Crippen LogP contribution in [-0.4, -0.2) is 39.5 Å². The molecule has 1 aliphatic rings. The summed E-state index contributed by atoms with van der Waals surface area (Å²) in [6.07, 6.45) is 9.07. The quantitative estimate of drug-likeness (QED) is 0.839. The molecule has 1 unspecified atom stereocenters. The summed E-state index contributed by atoms with van der Waals surface area (Å²) in [6.45, 7) is 5.53. The van der Waals surface area contributed by atoms with E-state index in [0.717, 1.165) is 31.2 Å². The summed E-state index contributed by atoms with van der Waals surface area (Å²) in [7, 11) is 0. The van der Waals surface area contributed by atoms with Crippen molar-refractivity contribution in [1.29, 1.82) is 0 Å². The van der Waals surface area contributed by atoms with Crippen molar-refractivity contribution >= 4 is 0 Å². The molecule has 112 valence electrons. The van der Waals surface area contributed by atoms with E-state index in [1.807, 2.05) is 6.92 Å². The van der Waals surface area contributed by atoms with Crippen LogP contribution in [0.1, 0.15) is 24.4 Å². The molecule has 1 aliphatic heterocycles. The Hall–Kier alpha value is -1.95. The fourth-order valence-electron chi connectivity index (χ4n) is 2.70. The van der Waals surface area contributed by atoms with Crippen LogP contribution in [0.3, 0.4) is 0 Å². The van der Waals surface area contributed by atoms with Crippen LogP contribution < -0.4 is 4.74 Å². The molecule has 6 nitrogen and oxygen atoms in total. The summed E-state index contributed by atoms with van der Waals surface area (Å²) in [5, 5.41) is 0. The van der Waals surface area contributed by atoms with Crippen molar-refractivity contribution in [3.8, 4) is 5.88 Å². The van der Waals surface area contributed by atoms with E-state index in [2.05, 4.69) is 19.9 Å². The lowest BCUT2D eigenvalue weighted by Gasteiger charge is -2.31. The van der Waals surface area contributed by atoms with Gasteiger partial charge in [0.05, 0.1) is 18.5 Å². The van der Waals surface area contributed by atoms with Gasteiger partial charge in [0, 0.05) is 38.3 Å². The lowest BCUT2D eigenvalue weighted by atomic mass is 9.99. The molecule has 0 spiro atoms. The summed E-state index contributed by atoms with van der Waals surface area (Å²) in [4.78, 5) is 14.9. The third-order valence-corrected chi connectivity index (χ3v) is 3.66. The SMILES string of the molecule is Cc1nc(CN2CCCC(COc3cnccn3)C2)co1. The predicted molar refractivity (Wildman–Crippen MR) is 76.8 cm³/mol. The highest BCUT2D eigenvalue weighted by Crippen LogP contribution is 2.19. The lowest BCUT2D eigenvalue weighted by molar-refractivity contribution is 0.122. The van der Waals surface area contributed by atoms with E-state index in [1.165, 1.54) is 12.8 Å². The highest BCUT2D eigenvalue weighted by Gasteiger charge is 2.21. The maximum Gasteiger partial charge on any atom is 0.232 e. The zero-order valence-corrected chi connectivity index (χ0v) is 12.2. The standard InChI is InChI=1S/C15H20N4O2/c1-12-18-14(11-20-12)9-19-6-2-3-13(8-19)10-21-15-7-16-4-5-17-15/h4-5,7,11,13H,2-3,6,8-10H2,1H3. The molecule has 1 atom stereocenters. The van der Waals surface area contributed by atoms with E-state index in [0.29, 0.717) is 18.4 Å². The number of likely N-dealkylation sites (tertiary alicyclic amines) is 1. The van der Waals surface area contributed by atoms with Crippen LogP contribution in [0.5, 0.6) is 5.88 Å². The Labute approximate surface area is 124 Å². The molecule has 0 aromatic carbocycles. The third kappa shape index (κ3) is 4.01. The average molecular weight is 288 g/mol. The Morgan fingerprint density at radius 3 is 3.14 bits per heavy atom. The average Bonchev–Trinajstić information content (AvgIpc) is 2.92. The minimum atomic E-state index is 0.522. The van der Waals surface area contributed by atoms with E-state index in [-0.39, 0.29) is 0 Å². The summed E-state index contributed by atoms with van der Waals surface area (Å²) in [5.74, 6) is 1.85. The number of oxazole rings is 1. The van der Waals surface area contributed by atoms with Crippen molar-refractivity contribution in [3.63, 3.8) is 0 Å². The van der Waals surface area contributed by atoms with Gasteiger partial charge >= 0.3 is 0 Å². The molecule has 3 heterocycles. The van der Waals surface area contributed by atoms with Gasteiger partial charge in [-0.1, -0.05) is 0 Å². The molecular formula is C15H20N4O2. The minimum Gasteiger partial charge on any atom is -0.476 e. The number of rotatable bonds is 5. The second kappa shape index (κ2) is 6.67. The fraction of sp³-hybridized carbons (Fsp3) is 0.533. The third-order valence-electron chi connectivity index (χ3n) is 3.66. The van der Waals surface area contributed by atoms with Crippen LogP contribution in [0.4, 0.5) is 0 Å². The van der Waals surface area contributed by atoms with Crippen LogP contribution in [0.15, 0.2) is 29.3 Å². The van der Waals surface area contributed by atoms with Gasteiger partial charge in [-0.3, -0.25) is 9.88 Å². The molecule has 0 amide bonds. The molecule has 3 rings (SSSR count). The molecule has 0 aliphatic carbocycles. The molecule has 1 saturated heterocycles. The van der Waals surface area contributed by atoms with Gasteiger partial charge in [-0.05, 0) is 19.4 Å². The first kappa shape index (κ1) is 14.0. The van der Waals surface area contributed by atoms with E-state index < -0.39 is 0 Å². The van der Waals surface area contributed by atoms with E-state index in [4.69, 9.17) is 9.15 Å². The number of piperidine rings is 1. The highest BCUT2D eigenvalue weighted by atomic mass is 16.5. The van der Waals surface area contributed by atoms with Gasteiger partial charge in [0.1, 0.15) is 6.26 Å². The summed E-state index contributed by atoms with van der Waals surface area (Å²) in [5.41, 5.74) is 1.00. The Kier molecular flexibility index (Phi) is 4.45. The number of hydrogen-bond acceptors (Lipinski definition) is 6. The van der Waals surface area contributed by atoms with Crippen LogP contribution in [0.2, 0.25) is 0 Å². The largest absolute Gasteiger partial charge is 0.476 e. The smallest absolute Gasteiger partial charge is 0.232 e. The zero-order chi connectivity index (χ0) is 14.5. The van der Waals surface area contributed by atoms with Crippen molar-refractivity contribution in [2.45, 2.75) is 26.3 Å². The number of aromatic nitrogens is 3. The number of nitrogens with zero attached hydrogens (tertiary/aromatic N) is 4. The molecule has 0 radical (unpaired) electrons. The molecule has 0 N–H and O–H groups in total. The Balaban J connectivity index is 1.49. The Morgan fingerprint density at radius 1 is 1.43 bits per heavy atom. The maximum atomic E-state index is 5.71. The van der Waals surface area contributed by atoms with Crippen LogP contribution in [0.25, 0.3) is 0 Å². The van der Waals surface area contributed by atoms with Gasteiger partial charge < -0.3 is 9.15 Å². The van der Waals surface area contributed by atoms with Gasteiger partial charge in [0.25, 0.3) is 0 Å². The highest BCUT2D eigenvalue weighted by molar-refractivity contribution is 5.01. The molecule has 2 aromatic rings. The second-order valence-electron chi connectivity index (χ2n) is 5.46. The van der Waals surface area contributed by atoms with Gasteiger partial charge in [-0.15, -0.1) is 0 Å². The molecule has 0 saturated carbocycles. The zero-order valence-electron chi connectivity index (χ0n) is 12.2. The first-order valence-corrected chi connectivity index (χ1v) is 7.32.